The first-order chi connectivity index (χ1) is 7.66. The molecule has 0 bridgehead atoms. The maximum atomic E-state index is 10.7. The number of aryl methyl sites for hydroxylation is 1. The van der Waals surface area contributed by atoms with Gasteiger partial charge in [0.15, 0.2) is 0 Å². The number of hydrogen-bond acceptors (Lipinski definition) is 3. The summed E-state index contributed by atoms with van der Waals surface area (Å²) in [7, 11) is 0. The van der Waals surface area contributed by atoms with Gasteiger partial charge < -0.3 is 5.73 Å². The minimum absolute atomic E-state index is 0.591. The zero-order valence-corrected chi connectivity index (χ0v) is 10.0. The van der Waals surface area contributed by atoms with Gasteiger partial charge >= 0.3 is 6.03 Å². The van der Waals surface area contributed by atoms with E-state index >= 15 is 0 Å². The summed E-state index contributed by atoms with van der Waals surface area (Å²) in [4.78, 5) is 12.0. The van der Waals surface area contributed by atoms with E-state index in [1.165, 1.54) is 16.9 Å². The molecule has 1 heterocycles. The second kappa shape index (κ2) is 4.65. The molecule has 1 aliphatic rings. The Morgan fingerprint density at radius 3 is 3.25 bits per heavy atom. The summed E-state index contributed by atoms with van der Waals surface area (Å²) in [5, 5.41) is 6.18. The molecule has 1 aliphatic carbocycles. The van der Waals surface area contributed by atoms with Crippen LogP contribution < -0.4 is 11.2 Å². The molecule has 4 nitrogen and oxygen atoms in total. The number of primary amides is 1. The van der Waals surface area contributed by atoms with Gasteiger partial charge in [0.25, 0.3) is 0 Å². The van der Waals surface area contributed by atoms with E-state index in [1.54, 1.807) is 11.3 Å². The van der Waals surface area contributed by atoms with Gasteiger partial charge in [-0.1, -0.05) is 6.92 Å². The fourth-order valence-corrected chi connectivity index (χ4v) is 2.86. The largest absolute Gasteiger partial charge is 0.350 e. The number of nitrogens with zero attached hydrogens (tertiary/aromatic N) is 1. The third-order valence-electron chi connectivity index (χ3n) is 2.76. The van der Waals surface area contributed by atoms with E-state index in [1.807, 2.05) is 0 Å². The molecule has 0 spiro atoms. The van der Waals surface area contributed by atoms with E-state index in [0.717, 1.165) is 18.6 Å². The Morgan fingerprint density at radius 2 is 2.50 bits per heavy atom. The van der Waals surface area contributed by atoms with Crippen LogP contribution in [-0.4, -0.2) is 11.7 Å². The van der Waals surface area contributed by atoms with Gasteiger partial charge in [-0.05, 0) is 36.6 Å². The highest BCUT2D eigenvalue weighted by molar-refractivity contribution is 7.10. The first-order valence-electron chi connectivity index (χ1n) is 5.35. The predicted molar refractivity (Wildman–Crippen MR) is 65.7 cm³/mol. The molecule has 86 valence electrons. The maximum absolute atomic E-state index is 10.7. The van der Waals surface area contributed by atoms with Gasteiger partial charge in [-0.2, -0.15) is 5.10 Å². The van der Waals surface area contributed by atoms with Crippen LogP contribution in [0.1, 0.15) is 30.2 Å². The molecule has 2 amide bonds. The number of hydrazone groups is 1. The van der Waals surface area contributed by atoms with Gasteiger partial charge in [0.05, 0.1) is 5.71 Å². The van der Waals surface area contributed by atoms with Crippen LogP contribution in [0, 0.1) is 5.92 Å². The van der Waals surface area contributed by atoms with E-state index in [-0.39, 0.29) is 0 Å². The summed E-state index contributed by atoms with van der Waals surface area (Å²) >= 11 is 1.75. The molecule has 1 aromatic heterocycles. The normalized spacial score (nSPS) is 22.6. The molecule has 0 saturated carbocycles. The average molecular weight is 237 g/mol. The third kappa shape index (κ3) is 2.41. The molecular formula is C11H15N3OS. The highest BCUT2D eigenvalue weighted by atomic mass is 32.1. The lowest BCUT2D eigenvalue weighted by Crippen LogP contribution is -2.26. The first-order valence-corrected chi connectivity index (χ1v) is 6.23. The summed E-state index contributed by atoms with van der Waals surface area (Å²) in [6, 6.07) is 1.46. The van der Waals surface area contributed by atoms with E-state index < -0.39 is 6.03 Å². The fourth-order valence-electron chi connectivity index (χ4n) is 1.94. The topological polar surface area (TPSA) is 67.5 Å². The number of amides is 2. The summed E-state index contributed by atoms with van der Waals surface area (Å²) < 4.78 is 0. The number of urea groups is 1. The molecule has 0 unspecified atom stereocenters. The fraction of sp³-hybridized carbons (Fsp3) is 0.455. The summed E-state index contributed by atoms with van der Waals surface area (Å²) in [5.74, 6) is 0.591. The van der Waals surface area contributed by atoms with Crippen LogP contribution in [0.25, 0.3) is 0 Å². The number of nitrogens with one attached hydrogen (secondary N) is 1. The monoisotopic (exact) mass is 237 g/mol. The second-order valence-corrected chi connectivity index (χ2v) is 5.14. The van der Waals surface area contributed by atoms with Crippen molar-refractivity contribution in [2.45, 2.75) is 26.2 Å². The Labute approximate surface area is 98.5 Å². The number of carbonyl (C=O) groups excluding carboxylic acids is 1. The summed E-state index contributed by atoms with van der Waals surface area (Å²) in [6.45, 7) is 2.20. The quantitative estimate of drug-likeness (QED) is 0.570. The van der Waals surface area contributed by atoms with E-state index in [0.29, 0.717) is 5.92 Å². The van der Waals surface area contributed by atoms with E-state index in [9.17, 15) is 4.79 Å². The molecule has 3 N–H and O–H groups in total. The highest BCUT2D eigenvalue weighted by Crippen LogP contribution is 2.28. The van der Waals surface area contributed by atoms with Gasteiger partial charge in [0.2, 0.25) is 0 Å². The summed E-state index contributed by atoms with van der Waals surface area (Å²) in [6.07, 6.45) is 3.16. The number of carbonyl (C=O) groups is 1. The molecule has 2 rings (SSSR count). The zero-order valence-electron chi connectivity index (χ0n) is 9.19. The van der Waals surface area contributed by atoms with Crippen LogP contribution in [0.4, 0.5) is 4.79 Å². The summed E-state index contributed by atoms with van der Waals surface area (Å²) in [5.41, 5.74) is 9.46. The van der Waals surface area contributed by atoms with Gasteiger partial charge in [0, 0.05) is 10.4 Å². The minimum atomic E-state index is -0.610. The van der Waals surface area contributed by atoms with E-state index in [4.69, 9.17) is 5.73 Å². The van der Waals surface area contributed by atoms with Crippen molar-refractivity contribution in [1.82, 2.24) is 5.43 Å². The standard InChI is InChI=1S/C11H15N3OS/c1-7-2-3-10-8(4-5-16-10)9(6-7)13-14-11(12)15/h4-5,7H,2-3,6H2,1H3,(H3,12,14,15)/b13-9+/t7-/m0/s1. The second-order valence-electron chi connectivity index (χ2n) is 4.14. The van der Waals surface area contributed by atoms with Gasteiger partial charge in [-0.15, -0.1) is 11.3 Å². The smallest absolute Gasteiger partial charge is 0.332 e. The molecule has 5 heteroatoms. The van der Waals surface area contributed by atoms with Crippen LogP contribution in [0.2, 0.25) is 0 Å². The third-order valence-corrected chi connectivity index (χ3v) is 3.74. The number of fused-ring (bicyclic) bond motifs is 1. The highest BCUT2D eigenvalue weighted by Gasteiger charge is 2.19. The first kappa shape index (κ1) is 11.1. The Hall–Kier alpha value is -1.36. The van der Waals surface area contributed by atoms with Crippen molar-refractivity contribution in [2.75, 3.05) is 0 Å². The SMILES string of the molecule is C[C@H]1CCc2sccc2/C(=N/NC(N)=O)C1. The van der Waals surface area contributed by atoms with Crippen molar-refractivity contribution < 1.29 is 4.79 Å². The van der Waals surface area contributed by atoms with Crippen LogP contribution >= 0.6 is 11.3 Å². The van der Waals surface area contributed by atoms with Crippen molar-refractivity contribution in [3.63, 3.8) is 0 Å². The molecule has 1 aromatic rings. The van der Waals surface area contributed by atoms with E-state index in [2.05, 4.69) is 28.9 Å². The van der Waals surface area contributed by atoms with Gasteiger partial charge in [-0.3, -0.25) is 0 Å². The van der Waals surface area contributed by atoms with Gasteiger partial charge in [-0.25, -0.2) is 10.2 Å². The Morgan fingerprint density at radius 1 is 1.69 bits per heavy atom. The number of nitrogens with two attached hydrogens (primary N) is 1. The lowest BCUT2D eigenvalue weighted by atomic mass is 10.0. The molecule has 0 aliphatic heterocycles. The van der Waals surface area contributed by atoms with Crippen molar-refractivity contribution >= 4 is 23.1 Å². The van der Waals surface area contributed by atoms with Crippen molar-refractivity contribution in [3.8, 4) is 0 Å². The minimum Gasteiger partial charge on any atom is -0.350 e. The molecule has 16 heavy (non-hydrogen) atoms. The Kier molecular flexibility index (Phi) is 3.24. The van der Waals surface area contributed by atoms with Crippen molar-refractivity contribution in [2.24, 2.45) is 16.8 Å². The molecular weight excluding hydrogens is 222 g/mol. The molecule has 0 fully saturated rings. The van der Waals surface area contributed by atoms with Crippen LogP contribution in [0.15, 0.2) is 16.5 Å². The van der Waals surface area contributed by atoms with Crippen LogP contribution in [0.5, 0.6) is 0 Å². The number of thiophene rings is 1. The molecule has 0 aromatic carbocycles. The van der Waals surface area contributed by atoms with Crippen LogP contribution in [0.3, 0.4) is 0 Å². The van der Waals surface area contributed by atoms with Gasteiger partial charge in [0.1, 0.15) is 0 Å². The lowest BCUT2D eigenvalue weighted by molar-refractivity contribution is 0.249. The lowest BCUT2D eigenvalue weighted by Gasteiger charge is -2.07. The predicted octanol–water partition coefficient (Wildman–Crippen LogP) is 2.09. The Bertz CT molecular complexity index is 425. The zero-order chi connectivity index (χ0) is 11.5. The molecule has 0 saturated heterocycles. The number of hydrogen-bond donors (Lipinski definition) is 2. The Balaban J connectivity index is 2.28. The van der Waals surface area contributed by atoms with Crippen LogP contribution in [-0.2, 0) is 6.42 Å². The molecule has 1 atom stereocenters. The van der Waals surface area contributed by atoms with Crippen molar-refractivity contribution in [3.05, 3.63) is 21.9 Å². The average Bonchev–Trinajstić information content (AvgIpc) is 2.64. The van der Waals surface area contributed by atoms with Crippen molar-refractivity contribution in [1.29, 1.82) is 0 Å². The number of rotatable bonds is 1. The maximum Gasteiger partial charge on any atom is 0.332 e. The molecule has 0 radical (unpaired) electrons.